The van der Waals surface area contributed by atoms with E-state index in [-0.39, 0.29) is 0 Å². The summed E-state index contributed by atoms with van der Waals surface area (Å²) in [6, 6.07) is 10.9. The molecule has 0 bridgehead atoms. The number of nitrogens with zero attached hydrogens (tertiary/aromatic N) is 1. The Morgan fingerprint density at radius 3 is 2.47 bits per heavy atom. The van der Waals surface area contributed by atoms with Crippen molar-refractivity contribution in [3.05, 3.63) is 35.9 Å². The van der Waals surface area contributed by atoms with Gasteiger partial charge in [-0.05, 0) is 56.8 Å². The lowest BCUT2D eigenvalue weighted by Crippen LogP contribution is -2.35. The Kier molecular flexibility index (Phi) is 5.53. The van der Waals surface area contributed by atoms with Gasteiger partial charge in [-0.25, -0.2) is 0 Å². The summed E-state index contributed by atoms with van der Waals surface area (Å²) in [6.45, 7) is 3.86. The van der Waals surface area contributed by atoms with E-state index in [4.69, 9.17) is 0 Å². The van der Waals surface area contributed by atoms with E-state index >= 15 is 0 Å². The van der Waals surface area contributed by atoms with Gasteiger partial charge in [-0.3, -0.25) is 0 Å². The highest BCUT2D eigenvalue weighted by Gasteiger charge is 2.18. The molecule has 0 unspecified atom stereocenters. The molecular weight excluding hydrogens is 274 g/mol. The van der Waals surface area contributed by atoms with Gasteiger partial charge < -0.3 is 4.90 Å². The van der Waals surface area contributed by atoms with Crippen LogP contribution in [0.4, 0.5) is 0 Å². The Hall–Kier alpha value is -0.340. The fourth-order valence-electron chi connectivity index (χ4n) is 2.64. The molecule has 1 fully saturated rings. The van der Waals surface area contributed by atoms with E-state index < -0.39 is 0 Å². The van der Waals surface area contributed by atoms with Crippen LogP contribution in [0.1, 0.15) is 24.8 Å². The Balaban J connectivity index is 1.72. The summed E-state index contributed by atoms with van der Waals surface area (Å²) in [5, 5.41) is 1.14. The third kappa shape index (κ3) is 4.44. The molecule has 1 nitrogen and oxygen atoms in total. The summed E-state index contributed by atoms with van der Waals surface area (Å²) in [6.07, 6.45) is 5.30. The minimum Gasteiger partial charge on any atom is -0.303 e. The standard InChI is InChI=1S/C15H22BrN/c16-9-4-10-17-11-7-15(8-12-17)13-14-5-2-1-3-6-14/h1-3,5-6,15H,4,7-13H2. The molecule has 1 aromatic carbocycles. The van der Waals surface area contributed by atoms with Crippen LogP contribution in [0, 0.1) is 5.92 Å². The Morgan fingerprint density at radius 1 is 1.12 bits per heavy atom. The smallest absolute Gasteiger partial charge is 0.00434 e. The van der Waals surface area contributed by atoms with E-state index in [1.807, 2.05) is 0 Å². The summed E-state index contributed by atoms with van der Waals surface area (Å²) >= 11 is 3.51. The second-order valence-corrected chi connectivity index (χ2v) is 5.81. The fraction of sp³-hybridized carbons (Fsp3) is 0.600. The van der Waals surface area contributed by atoms with Crippen LogP contribution in [0.15, 0.2) is 30.3 Å². The number of piperidine rings is 1. The van der Waals surface area contributed by atoms with Gasteiger partial charge in [0.1, 0.15) is 0 Å². The van der Waals surface area contributed by atoms with Crippen LogP contribution in [-0.2, 0) is 6.42 Å². The molecule has 0 saturated carbocycles. The average Bonchev–Trinajstić information content (AvgIpc) is 2.39. The summed E-state index contributed by atoms with van der Waals surface area (Å²) in [7, 11) is 0. The molecule has 1 saturated heterocycles. The molecule has 0 amide bonds. The molecule has 0 aliphatic carbocycles. The molecule has 0 atom stereocenters. The van der Waals surface area contributed by atoms with Crippen LogP contribution in [0.2, 0.25) is 0 Å². The lowest BCUT2D eigenvalue weighted by molar-refractivity contribution is 0.185. The van der Waals surface area contributed by atoms with Crippen LogP contribution < -0.4 is 0 Å². The van der Waals surface area contributed by atoms with Gasteiger partial charge in [0.15, 0.2) is 0 Å². The zero-order valence-electron chi connectivity index (χ0n) is 10.4. The van der Waals surface area contributed by atoms with Gasteiger partial charge >= 0.3 is 0 Å². The van der Waals surface area contributed by atoms with E-state index in [1.54, 1.807) is 0 Å². The molecule has 1 aliphatic heterocycles. The Bertz CT molecular complexity index is 304. The highest BCUT2D eigenvalue weighted by molar-refractivity contribution is 9.09. The number of halogens is 1. The summed E-state index contributed by atoms with van der Waals surface area (Å²) in [5.74, 6) is 0.901. The number of alkyl halides is 1. The third-order valence-corrected chi connectivity index (χ3v) is 4.24. The molecule has 2 heteroatoms. The van der Waals surface area contributed by atoms with Crippen molar-refractivity contribution in [1.82, 2.24) is 4.90 Å². The van der Waals surface area contributed by atoms with Crippen molar-refractivity contribution in [1.29, 1.82) is 0 Å². The van der Waals surface area contributed by atoms with Gasteiger partial charge in [-0.2, -0.15) is 0 Å². The van der Waals surface area contributed by atoms with Crippen molar-refractivity contribution >= 4 is 15.9 Å². The van der Waals surface area contributed by atoms with Gasteiger partial charge in [-0.1, -0.05) is 46.3 Å². The summed E-state index contributed by atoms with van der Waals surface area (Å²) in [4.78, 5) is 2.61. The van der Waals surface area contributed by atoms with Crippen molar-refractivity contribution in [2.45, 2.75) is 25.7 Å². The highest BCUT2D eigenvalue weighted by Crippen LogP contribution is 2.21. The predicted molar refractivity (Wildman–Crippen MR) is 77.7 cm³/mol. The Labute approximate surface area is 113 Å². The molecular formula is C15H22BrN. The second kappa shape index (κ2) is 7.17. The SMILES string of the molecule is BrCCCN1CCC(Cc2ccccc2)CC1. The van der Waals surface area contributed by atoms with Crippen LogP contribution >= 0.6 is 15.9 Å². The first kappa shape index (κ1) is 13.1. The maximum Gasteiger partial charge on any atom is 0.00434 e. The van der Waals surface area contributed by atoms with Gasteiger partial charge in [-0.15, -0.1) is 0 Å². The first-order valence-electron chi connectivity index (χ1n) is 6.70. The predicted octanol–water partition coefficient (Wildman–Crippen LogP) is 3.73. The molecule has 94 valence electrons. The molecule has 17 heavy (non-hydrogen) atoms. The second-order valence-electron chi connectivity index (χ2n) is 5.02. The Morgan fingerprint density at radius 2 is 1.82 bits per heavy atom. The molecule has 1 aliphatic rings. The average molecular weight is 296 g/mol. The van der Waals surface area contributed by atoms with E-state index in [9.17, 15) is 0 Å². The van der Waals surface area contributed by atoms with Crippen molar-refractivity contribution in [3.63, 3.8) is 0 Å². The van der Waals surface area contributed by atoms with E-state index in [2.05, 4.69) is 51.2 Å². The highest BCUT2D eigenvalue weighted by atomic mass is 79.9. The molecule has 0 N–H and O–H groups in total. The normalized spacial score (nSPS) is 18.4. The summed E-state index contributed by atoms with van der Waals surface area (Å²) < 4.78 is 0. The first-order valence-corrected chi connectivity index (χ1v) is 7.83. The number of likely N-dealkylation sites (tertiary alicyclic amines) is 1. The van der Waals surface area contributed by atoms with Crippen molar-refractivity contribution in [2.24, 2.45) is 5.92 Å². The molecule has 0 radical (unpaired) electrons. The molecule has 0 aromatic heterocycles. The quantitative estimate of drug-likeness (QED) is 0.748. The van der Waals surface area contributed by atoms with Crippen LogP contribution in [0.3, 0.4) is 0 Å². The van der Waals surface area contributed by atoms with Crippen LogP contribution in [-0.4, -0.2) is 29.9 Å². The number of hydrogen-bond donors (Lipinski definition) is 0. The van der Waals surface area contributed by atoms with Crippen LogP contribution in [0.25, 0.3) is 0 Å². The van der Waals surface area contributed by atoms with Gasteiger partial charge in [0.25, 0.3) is 0 Å². The molecule has 0 spiro atoms. The van der Waals surface area contributed by atoms with E-state index in [0.29, 0.717) is 0 Å². The van der Waals surface area contributed by atoms with Crippen molar-refractivity contribution < 1.29 is 0 Å². The maximum absolute atomic E-state index is 3.51. The lowest BCUT2D eigenvalue weighted by Gasteiger charge is -2.31. The third-order valence-electron chi connectivity index (χ3n) is 3.68. The fourth-order valence-corrected chi connectivity index (χ4v) is 2.90. The van der Waals surface area contributed by atoms with E-state index in [1.165, 1.54) is 50.9 Å². The number of rotatable bonds is 5. The van der Waals surface area contributed by atoms with Gasteiger partial charge in [0.05, 0.1) is 0 Å². The largest absolute Gasteiger partial charge is 0.303 e. The summed E-state index contributed by atoms with van der Waals surface area (Å²) in [5.41, 5.74) is 1.51. The maximum atomic E-state index is 3.51. The van der Waals surface area contributed by atoms with E-state index in [0.717, 1.165) is 11.2 Å². The minimum absolute atomic E-state index is 0.901. The topological polar surface area (TPSA) is 3.24 Å². The molecule has 1 aromatic rings. The number of benzene rings is 1. The monoisotopic (exact) mass is 295 g/mol. The lowest BCUT2D eigenvalue weighted by atomic mass is 9.90. The van der Waals surface area contributed by atoms with Gasteiger partial charge in [0, 0.05) is 5.33 Å². The van der Waals surface area contributed by atoms with Crippen LogP contribution in [0.5, 0.6) is 0 Å². The molecule has 2 rings (SSSR count). The molecule has 1 heterocycles. The minimum atomic E-state index is 0.901. The van der Waals surface area contributed by atoms with Crippen molar-refractivity contribution in [2.75, 3.05) is 25.0 Å². The first-order chi connectivity index (χ1) is 8.38. The van der Waals surface area contributed by atoms with Gasteiger partial charge in [0.2, 0.25) is 0 Å². The zero-order valence-corrected chi connectivity index (χ0v) is 12.0. The number of hydrogen-bond acceptors (Lipinski definition) is 1. The zero-order chi connectivity index (χ0) is 11.9. The van der Waals surface area contributed by atoms with Crippen molar-refractivity contribution in [3.8, 4) is 0 Å².